The molecule has 4 rings (SSSR count). The van der Waals surface area contributed by atoms with E-state index >= 15 is 0 Å². The van der Waals surface area contributed by atoms with Gasteiger partial charge in [-0.05, 0) is 45.5 Å². The zero-order valence-corrected chi connectivity index (χ0v) is 17.5. The fourth-order valence-electron chi connectivity index (χ4n) is 3.63. The third-order valence-corrected chi connectivity index (χ3v) is 5.76. The van der Waals surface area contributed by atoms with Gasteiger partial charge in [0.25, 0.3) is 0 Å². The molecular formula is C22H25N5OS. The molecule has 150 valence electrons. The summed E-state index contributed by atoms with van der Waals surface area (Å²) >= 11 is 1.77. The molecule has 3 heterocycles. The molecule has 0 fully saturated rings. The summed E-state index contributed by atoms with van der Waals surface area (Å²) in [6.07, 6.45) is 1.72. The Labute approximate surface area is 174 Å². The summed E-state index contributed by atoms with van der Waals surface area (Å²) < 4.78 is 7.58. The average molecular weight is 408 g/mol. The second-order valence-corrected chi connectivity index (χ2v) is 8.47. The van der Waals surface area contributed by atoms with Gasteiger partial charge in [0, 0.05) is 11.4 Å². The molecule has 1 atom stereocenters. The molecule has 0 spiro atoms. The highest BCUT2D eigenvalue weighted by molar-refractivity contribution is 7.09. The molecule has 0 saturated heterocycles. The van der Waals surface area contributed by atoms with Gasteiger partial charge in [0.2, 0.25) is 0 Å². The van der Waals surface area contributed by atoms with Crippen LogP contribution in [0.3, 0.4) is 0 Å². The number of aromatic nitrogens is 4. The van der Waals surface area contributed by atoms with Gasteiger partial charge in [-0.15, -0.1) is 16.4 Å². The van der Waals surface area contributed by atoms with Crippen LogP contribution in [0.25, 0.3) is 0 Å². The first kappa shape index (κ1) is 19.5. The first-order chi connectivity index (χ1) is 14.2. The van der Waals surface area contributed by atoms with Crippen molar-refractivity contribution < 1.29 is 4.42 Å². The fraction of sp³-hybridized carbons (Fsp3) is 0.318. The van der Waals surface area contributed by atoms with Crippen molar-refractivity contribution in [3.63, 3.8) is 0 Å². The molecule has 0 radical (unpaired) electrons. The molecule has 0 aliphatic rings. The normalized spacial score (nSPS) is 12.7. The topological polar surface area (TPSA) is 60.0 Å². The summed E-state index contributed by atoms with van der Waals surface area (Å²) in [5.41, 5.74) is 1.18. The van der Waals surface area contributed by atoms with Crippen molar-refractivity contribution >= 4 is 11.3 Å². The predicted octanol–water partition coefficient (Wildman–Crippen LogP) is 4.78. The lowest BCUT2D eigenvalue weighted by atomic mass is 10.0. The van der Waals surface area contributed by atoms with Crippen LogP contribution in [0, 0.1) is 5.92 Å². The zero-order chi connectivity index (χ0) is 20.1. The van der Waals surface area contributed by atoms with Gasteiger partial charge in [-0.1, -0.05) is 50.2 Å². The van der Waals surface area contributed by atoms with Gasteiger partial charge in [0.1, 0.15) is 5.76 Å². The van der Waals surface area contributed by atoms with Crippen LogP contribution in [0.5, 0.6) is 0 Å². The molecule has 0 aliphatic carbocycles. The summed E-state index contributed by atoms with van der Waals surface area (Å²) in [5.74, 6) is 2.15. The highest BCUT2D eigenvalue weighted by atomic mass is 32.1. The van der Waals surface area contributed by atoms with Crippen LogP contribution in [-0.2, 0) is 19.6 Å². The first-order valence-corrected chi connectivity index (χ1v) is 10.7. The van der Waals surface area contributed by atoms with Crippen LogP contribution in [0.4, 0.5) is 0 Å². The molecule has 0 N–H and O–H groups in total. The lowest BCUT2D eigenvalue weighted by Gasteiger charge is -2.32. The number of benzene rings is 1. The Balaban J connectivity index is 1.66. The number of rotatable bonds is 9. The third kappa shape index (κ3) is 4.81. The van der Waals surface area contributed by atoms with Crippen molar-refractivity contribution in [2.75, 3.05) is 0 Å². The molecule has 0 aliphatic heterocycles. The molecule has 0 bridgehead atoms. The van der Waals surface area contributed by atoms with Crippen molar-refractivity contribution in [2.45, 2.75) is 39.5 Å². The van der Waals surface area contributed by atoms with E-state index in [2.05, 4.69) is 63.9 Å². The van der Waals surface area contributed by atoms with Crippen molar-refractivity contribution in [1.29, 1.82) is 0 Å². The quantitative estimate of drug-likeness (QED) is 0.400. The Morgan fingerprint density at radius 2 is 1.90 bits per heavy atom. The van der Waals surface area contributed by atoms with E-state index < -0.39 is 0 Å². The highest BCUT2D eigenvalue weighted by Crippen LogP contribution is 2.31. The predicted molar refractivity (Wildman–Crippen MR) is 113 cm³/mol. The van der Waals surface area contributed by atoms with E-state index in [4.69, 9.17) is 4.42 Å². The molecular weight excluding hydrogens is 382 g/mol. The SMILES string of the molecule is CC(C)[C@@H](c1nnnn1Cc1ccccc1)N(Cc1ccco1)Cc1cccs1. The van der Waals surface area contributed by atoms with E-state index in [9.17, 15) is 0 Å². The molecule has 4 aromatic rings. The second-order valence-electron chi connectivity index (χ2n) is 7.43. The lowest BCUT2D eigenvalue weighted by molar-refractivity contribution is 0.118. The number of thiophene rings is 1. The van der Waals surface area contributed by atoms with Crippen LogP contribution in [0.1, 0.15) is 41.9 Å². The molecule has 29 heavy (non-hydrogen) atoms. The smallest absolute Gasteiger partial charge is 0.169 e. The summed E-state index contributed by atoms with van der Waals surface area (Å²) in [4.78, 5) is 3.71. The van der Waals surface area contributed by atoms with Crippen molar-refractivity contribution in [2.24, 2.45) is 5.92 Å². The number of hydrogen-bond donors (Lipinski definition) is 0. The van der Waals surface area contributed by atoms with E-state index in [0.717, 1.165) is 18.1 Å². The van der Waals surface area contributed by atoms with Gasteiger partial charge >= 0.3 is 0 Å². The fourth-order valence-corrected chi connectivity index (χ4v) is 4.36. The van der Waals surface area contributed by atoms with E-state index in [0.29, 0.717) is 19.0 Å². The molecule has 6 nitrogen and oxygen atoms in total. The molecule has 7 heteroatoms. The minimum atomic E-state index is 0.0564. The molecule has 0 amide bonds. The average Bonchev–Trinajstić information content (AvgIpc) is 3.47. The maximum atomic E-state index is 5.66. The summed E-state index contributed by atoms with van der Waals surface area (Å²) in [6.45, 7) is 6.61. The Morgan fingerprint density at radius 1 is 1.03 bits per heavy atom. The van der Waals surface area contributed by atoms with Crippen LogP contribution in [0.2, 0.25) is 0 Å². The molecule has 0 saturated carbocycles. The zero-order valence-electron chi connectivity index (χ0n) is 16.7. The van der Waals surface area contributed by atoms with Crippen LogP contribution in [0.15, 0.2) is 70.7 Å². The Bertz CT molecular complexity index is 943. The van der Waals surface area contributed by atoms with Crippen molar-refractivity contribution in [3.05, 3.63) is 88.3 Å². The lowest BCUT2D eigenvalue weighted by Crippen LogP contribution is -2.33. The van der Waals surface area contributed by atoms with Gasteiger partial charge in [0.05, 0.1) is 25.4 Å². The number of furan rings is 1. The van der Waals surface area contributed by atoms with E-state index in [-0.39, 0.29) is 6.04 Å². The van der Waals surface area contributed by atoms with Crippen molar-refractivity contribution in [1.82, 2.24) is 25.1 Å². The van der Waals surface area contributed by atoms with Gasteiger partial charge < -0.3 is 4.42 Å². The molecule has 0 unspecified atom stereocenters. The largest absolute Gasteiger partial charge is 0.468 e. The van der Waals surface area contributed by atoms with Crippen LogP contribution in [-0.4, -0.2) is 25.1 Å². The van der Waals surface area contributed by atoms with Gasteiger partial charge in [-0.2, -0.15) is 0 Å². The van der Waals surface area contributed by atoms with Crippen LogP contribution < -0.4 is 0 Å². The van der Waals surface area contributed by atoms with Crippen molar-refractivity contribution in [3.8, 4) is 0 Å². The number of nitrogens with zero attached hydrogens (tertiary/aromatic N) is 5. The highest BCUT2D eigenvalue weighted by Gasteiger charge is 2.30. The van der Waals surface area contributed by atoms with E-state index in [1.54, 1.807) is 17.6 Å². The first-order valence-electron chi connectivity index (χ1n) is 9.79. The van der Waals surface area contributed by atoms with Gasteiger partial charge in [-0.25, -0.2) is 4.68 Å². The standard InChI is InChI=1S/C22H25N5OS/c1-17(2)21(22-23-24-25-27(22)14-18-8-4-3-5-9-18)26(15-19-10-6-12-28-19)16-20-11-7-13-29-20/h3-13,17,21H,14-16H2,1-2H3/t21-/m0/s1. The number of tetrazole rings is 1. The Hall–Kier alpha value is -2.77. The van der Waals surface area contributed by atoms with E-state index in [1.807, 2.05) is 35.0 Å². The molecule has 1 aromatic carbocycles. The number of hydrogen-bond acceptors (Lipinski definition) is 6. The minimum absolute atomic E-state index is 0.0564. The van der Waals surface area contributed by atoms with E-state index in [1.165, 1.54) is 10.4 Å². The van der Waals surface area contributed by atoms with Gasteiger partial charge in [0.15, 0.2) is 5.82 Å². The maximum Gasteiger partial charge on any atom is 0.169 e. The van der Waals surface area contributed by atoms with Crippen LogP contribution >= 0.6 is 11.3 Å². The second kappa shape index (κ2) is 9.15. The Kier molecular flexibility index (Phi) is 6.17. The maximum absolute atomic E-state index is 5.66. The minimum Gasteiger partial charge on any atom is -0.468 e. The summed E-state index contributed by atoms with van der Waals surface area (Å²) in [7, 11) is 0. The summed E-state index contributed by atoms with van der Waals surface area (Å²) in [6, 6.07) is 18.6. The third-order valence-electron chi connectivity index (χ3n) is 4.90. The monoisotopic (exact) mass is 407 g/mol. The summed E-state index contributed by atoms with van der Waals surface area (Å²) in [5, 5.41) is 14.9. The van der Waals surface area contributed by atoms with Gasteiger partial charge in [-0.3, -0.25) is 4.90 Å². The molecule has 3 aromatic heterocycles. The Morgan fingerprint density at radius 3 is 2.59 bits per heavy atom.